The predicted octanol–water partition coefficient (Wildman–Crippen LogP) is 0.357. The SMILES string of the molecule is C[C@@H](COCCC(=O)N1CCN(c2ncc(Cl)cn2)CC1)OC1CNNC(=O)C1Br. The second kappa shape index (κ2) is 11.2. The molecular weight excluding hydrogens is 480 g/mol. The smallest absolute Gasteiger partial charge is 0.250 e. The van der Waals surface area contributed by atoms with Crippen LogP contribution in [0.2, 0.25) is 5.02 Å². The molecule has 1 aromatic heterocycles. The van der Waals surface area contributed by atoms with E-state index in [0.717, 1.165) is 0 Å². The standard InChI is InChI=1S/C18H26BrClN6O4/c1-12(30-14-10-23-24-17(28)16(14)19)11-29-7-2-15(27)25-3-5-26(6-4-25)18-21-8-13(20)9-22-18/h8-9,12,14,16,23H,2-7,10-11H2,1H3,(H,24,28)/t12-,14?,16?/m0/s1. The topological polar surface area (TPSA) is 109 Å². The number of nitrogens with zero attached hydrogens (tertiary/aromatic N) is 4. The Morgan fingerprint density at radius 1 is 1.33 bits per heavy atom. The van der Waals surface area contributed by atoms with Gasteiger partial charge in [0.15, 0.2) is 0 Å². The molecule has 166 valence electrons. The van der Waals surface area contributed by atoms with E-state index < -0.39 is 4.83 Å². The number of alkyl halides is 1. The van der Waals surface area contributed by atoms with Crippen LogP contribution in [0, 0.1) is 0 Å². The van der Waals surface area contributed by atoms with Gasteiger partial charge in [0, 0.05) is 32.7 Å². The number of hydrazine groups is 1. The van der Waals surface area contributed by atoms with Gasteiger partial charge in [-0.2, -0.15) is 0 Å². The van der Waals surface area contributed by atoms with Crippen LogP contribution >= 0.6 is 27.5 Å². The van der Waals surface area contributed by atoms with Crippen LogP contribution < -0.4 is 15.8 Å². The maximum absolute atomic E-state index is 12.4. The van der Waals surface area contributed by atoms with Gasteiger partial charge in [-0.05, 0) is 6.92 Å². The number of anilines is 1. The number of carbonyl (C=O) groups excluding carboxylic acids is 2. The van der Waals surface area contributed by atoms with Crippen LogP contribution in [0.5, 0.6) is 0 Å². The third-order valence-electron chi connectivity index (χ3n) is 4.83. The zero-order valence-corrected chi connectivity index (χ0v) is 19.1. The lowest BCUT2D eigenvalue weighted by Gasteiger charge is -2.34. The van der Waals surface area contributed by atoms with Crippen LogP contribution in [0.1, 0.15) is 13.3 Å². The molecule has 0 aliphatic carbocycles. The average molecular weight is 506 g/mol. The molecule has 2 aliphatic rings. The Balaban J connectivity index is 1.30. The molecule has 12 heteroatoms. The summed E-state index contributed by atoms with van der Waals surface area (Å²) in [5, 5.41) is 0.500. The zero-order valence-electron chi connectivity index (χ0n) is 16.7. The van der Waals surface area contributed by atoms with Gasteiger partial charge in [0.2, 0.25) is 11.9 Å². The van der Waals surface area contributed by atoms with E-state index in [2.05, 4.69) is 36.7 Å². The van der Waals surface area contributed by atoms with Crippen LogP contribution in [-0.2, 0) is 19.1 Å². The molecule has 0 bridgehead atoms. The number of amides is 2. The molecular formula is C18H26BrClN6O4. The minimum Gasteiger partial charge on any atom is -0.378 e. The van der Waals surface area contributed by atoms with Crippen molar-refractivity contribution in [1.29, 1.82) is 0 Å². The fourth-order valence-corrected chi connectivity index (χ4v) is 3.75. The quantitative estimate of drug-likeness (QED) is 0.385. The van der Waals surface area contributed by atoms with Gasteiger partial charge in [-0.3, -0.25) is 15.0 Å². The summed E-state index contributed by atoms with van der Waals surface area (Å²) in [6, 6.07) is 0. The van der Waals surface area contributed by atoms with Crippen LogP contribution in [0.25, 0.3) is 0 Å². The summed E-state index contributed by atoms with van der Waals surface area (Å²) >= 11 is 9.15. The number of aromatic nitrogens is 2. The lowest BCUT2D eigenvalue weighted by molar-refractivity contribution is -0.134. The average Bonchev–Trinajstić information content (AvgIpc) is 2.75. The van der Waals surface area contributed by atoms with Gasteiger partial charge in [0.05, 0.1) is 49.3 Å². The molecule has 0 aromatic carbocycles. The lowest BCUT2D eigenvalue weighted by Crippen LogP contribution is -2.57. The number of piperazine rings is 1. The number of ether oxygens (including phenoxy) is 2. The molecule has 0 spiro atoms. The summed E-state index contributed by atoms with van der Waals surface area (Å²) in [5.41, 5.74) is 5.33. The summed E-state index contributed by atoms with van der Waals surface area (Å²) in [5.74, 6) is 0.529. The summed E-state index contributed by atoms with van der Waals surface area (Å²) in [7, 11) is 0. The Labute approximate surface area is 188 Å². The van der Waals surface area contributed by atoms with Crippen molar-refractivity contribution in [2.45, 2.75) is 30.4 Å². The fraction of sp³-hybridized carbons (Fsp3) is 0.667. The second-order valence-corrected chi connectivity index (χ2v) is 8.57. The maximum Gasteiger partial charge on any atom is 0.250 e. The highest BCUT2D eigenvalue weighted by atomic mass is 79.9. The van der Waals surface area contributed by atoms with Gasteiger partial charge < -0.3 is 19.3 Å². The number of hydrogen-bond donors (Lipinski definition) is 2. The summed E-state index contributed by atoms with van der Waals surface area (Å²) in [6.45, 7) is 5.66. The third-order valence-corrected chi connectivity index (χ3v) is 6.03. The molecule has 1 aromatic rings. The largest absolute Gasteiger partial charge is 0.378 e. The van der Waals surface area contributed by atoms with E-state index in [1.165, 1.54) is 0 Å². The molecule has 3 atom stereocenters. The number of carbonyl (C=O) groups is 2. The molecule has 2 fully saturated rings. The highest BCUT2D eigenvalue weighted by Crippen LogP contribution is 2.15. The van der Waals surface area contributed by atoms with Crippen LogP contribution in [0.15, 0.2) is 12.4 Å². The molecule has 2 aliphatic heterocycles. The fourth-order valence-electron chi connectivity index (χ4n) is 3.23. The van der Waals surface area contributed by atoms with Crippen molar-refractivity contribution < 1.29 is 19.1 Å². The first kappa shape index (κ1) is 23.1. The van der Waals surface area contributed by atoms with E-state index in [0.29, 0.717) is 63.3 Å². The van der Waals surface area contributed by atoms with Gasteiger partial charge in [-0.15, -0.1) is 0 Å². The van der Waals surface area contributed by atoms with Crippen molar-refractivity contribution in [2.75, 3.05) is 50.8 Å². The van der Waals surface area contributed by atoms with Crippen molar-refractivity contribution in [1.82, 2.24) is 25.7 Å². The summed E-state index contributed by atoms with van der Waals surface area (Å²) < 4.78 is 11.5. The Hall–Kier alpha value is -1.53. The maximum atomic E-state index is 12.4. The van der Waals surface area contributed by atoms with E-state index >= 15 is 0 Å². The second-order valence-electron chi connectivity index (χ2n) is 7.15. The third kappa shape index (κ3) is 6.48. The van der Waals surface area contributed by atoms with Gasteiger partial charge in [0.1, 0.15) is 4.83 Å². The van der Waals surface area contributed by atoms with Crippen molar-refractivity contribution in [2.24, 2.45) is 0 Å². The molecule has 0 radical (unpaired) electrons. The Morgan fingerprint density at radius 2 is 2.03 bits per heavy atom. The minimum absolute atomic E-state index is 0.0638. The van der Waals surface area contributed by atoms with Gasteiger partial charge in [-0.25, -0.2) is 15.4 Å². The molecule has 2 N–H and O–H groups in total. The first-order chi connectivity index (χ1) is 14.4. The highest BCUT2D eigenvalue weighted by Gasteiger charge is 2.31. The Bertz CT molecular complexity index is 719. The first-order valence-electron chi connectivity index (χ1n) is 9.84. The summed E-state index contributed by atoms with van der Waals surface area (Å²) in [4.78, 5) is 35.9. The van der Waals surface area contributed by atoms with E-state index in [4.69, 9.17) is 21.1 Å². The molecule has 2 unspecified atom stereocenters. The van der Waals surface area contributed by atoms with E-state index in [9.17, 15) is 9.59 Å². The first-order valence-corrected chi connectivity index (χ1v) is 11.1. The van der Waals surface area contributed by atoms with Gasteiger partial charge >= 0.3 is 0 Å². The molecule has 3 rings (SSSR count). The normalized spacial score (nSPS) is 23.2. The van der Waals surface area contributed by atoms with Crippen molar-refractivity contribution in [3.05, 3.63) is 17.4 Å². The van der Waals surface area contributed by atoms with Crippen LogP contribution in [0.4, 0.5) is 5.95 Å². The van der Waals surface area contributed by atoms with Crippen LogP contribution in [0.3, 0.4) is 0 Å². The number of nitrogens with one attached hydrogen (secondary N) is 2. The van der Waals surface area contributed by atoms with Crippen LogP contribution in [-0.4, -0.2) is 89.7 Å². The van der Waals surface area contributed by atoms with Gasteiger partial charge in [0.25, 0.3) is 5.91 Å². The molecule has 10 nitrogen and oxygen atoms in total. The van der Waals surface area contributed by atoms with Crippen molar-refractivity contribution in [3.63, 3.8) is 0 Å². The number of hydrogen-bond acceptors (Lipinski definition) is 8. The molecule has 2 amide bonds. The summed E-state index contributed by atoms with van der Waals surface area (Å²) in [6.07, 6.45) is 2.99. The molecule has 2 saturated heterocycles. The number of rotatable bonds is 8. The van der Waals surface area contributed by atoms with E-state index in [1.54, 1.807) is 12.4 Å². The number of halogens is 2. The molecule has 0 saturated carbocycles. The monoisotopic (exact) mass is 504 g/mol. The van der Waals surface area contributed by atoms with E-state index in [1.807, 2.05) is 16.7 Å². The Kier molecular flexibility index (Phi) is 8.63. The molecule has 3 heterocycles. The zero-order chi connectivity index (χ0) is 21.5. The molecule has 30 heavy (non-hydrogen) atoms. The minimum atomic E-state index is -0.403. The predicted molar refractivity (Wildman–Crippen MR) is 114 cm³/mol. The van der Waals surface area contributed by atoms with E-state index in [-0.39, 0.29) is 24.0 Å². The lowest BCUT2D eigenvalue weighted by atomic mass is 10.2. The Morgan fingerprint density at radius 3 is 2.73 bits per heavy atom. The van der Waals surface area contributed by atoms with Gasteiger partial charge in [-0.1, -0.05) is 27.5 Å². The van der Waals surface area contributed by atoms with Crippen molar-refractivity contribution in [3.8, 4) is 0 Å². The van der Waals surface area contributed by atoms with Crippen molar-refractivity contribution >= 4 is 45.3 Å². The highest BCUT2D eigenvalue weighted by molar-refractivity contribution is 9.10.